The maximum Gasteiger partial charge on any atom is 0.260 e. The largest absolute Gasteiger partial charge is 0.497 e. The summed E-state index contributed by atoms with van der Waals surface area (Å²) in [5.74, 6) is 0.821. The fraction of sp³-hybridized carbons (Fsp3) is 0.500. The molecule has 2 rings (SSSR count). The molecule has 0 radical (unpaired) electrons. The number of aldehydes is 1. The van der Waals surface area contributed by atoms with Crippen LogP contribution in [0.15, 0.2) is 18.2 Å². The minimum absolute atomic E-state index is 0.144. The van der Waals surface area contributed by atoms with E-state index < -0.39 is 6.10 Å². The van der Waals surface area contributed by atoms with Crippen molar-refractivity contribution in [2.75, 3.05) is 7.11 Å². The summed E-state index contributed by atoms with van der Waals surface area (Å²) >= 11 is 0. The standard InChI is InChI=1S/C16H21NO4/c1-11(16(19)17-13-5-3-4-6-13)21-15-8-7-14(20-2)9-12(15)10-18/h7-11,13H,3-6H2,1-2H3,(H,17,19). The Labute approximate surface area is 124 Å². The van der Waals surface area contributed by atoms with Crippen LogP contribution in [0.4, 0.5) is 0 Å². The van der Waals surface area contributed by atoms with Crippen molar-refractivity contribution in [3.05, 3.63) is 23.8 Å². The Hall–Kier alpha value is -2.04. The predicted octanol–water partition coefficient (Wildman–Crippen LogP) is 2.33. The van der Waals surface area contributed by atoms with Crippen LogP contribution in [0.3, 0.4) is 0 Å². The number of amides is 1. The van der Waals surface area contributed by atoms with Gasteiger partial charge in [0.25, 0.3) is 5.91 Å². The van der Waals surface area contributed by atoms with Gasteiger partial charge in [-0.15, -0.1) is 0 Å². The number of nitrogens with one attached hydrogen (secondary N) is 1. The predicted molar refractivity (Wildman–Crippen MR) is 78.9 cm³/mol. The molecule has 1 aromatic carbocycles. The number of hydrogen-bond donors (Lipinski definition) is 1. The molecule has 5 heteroatoms. The minimum Gasteiger partial charge on any atom is -0.497 e. The van der Waals surface area contributed by atoms with E-state index in [1.54, 1.807) is 25.1 Å². The number of rotatable bonds is 6. The van der Waals surface area contributed by atoms with Gasteiger partial charge in [-0.25, -0.2) is 0 Å². The van der Waals surface area contributed by atoms with Crippen LogP contribution in [-0.2, 0) is 4.79 Å². The molecule has 1 aliphatic rings. The summed E-state index contributed by atoms with van der Waals surface area (Å²) in [5, 5.41) is 2.98. The van der Waals surface area contributed by atoms with E-state index in [1.807, 2.05) is 0 Å². The van der Waals surface area contributed by atoms with Gasteiger partial charge in [-0.1, -0.05) is 12.8 Å². The van der Waals surface area contributed by atoms with Crippen molar-refractivity contribution in [3.8, 4) is 11.5 Å². The number of carbonyl (C=O) groups is 2. The van der Waals surface area contributed by atoms with Gasteiger partial charge in [-0.3, -0.25) is 9.59 Å². The number of methoxy groups -OCH3 is 1. The van der Waals surface area contributed by atoms with Crippen LogP contribution in [0.1, 0.15) is 43.0 Å². The zero-order valence-electron chi connectivity index (χ0n) is 12.4. The Kier molecular flexibility index (Phi) is 5.20. The van der Waals surface area contributed by atoms with Gasteiger partial charge in [-0.05, 0) is 38.0 Å². The molecule has 1 unspecified atom stereocenters. The molecule has 0 spiro atoms. The van der Waals surface area contributed by atoms with E-state index in [4.69, 9.17) is 9.47 Å². The Morgan fingerprint density at radius 2 is 2.10 bits per heavy atom. The van der Waals surface area contributed by atoms with Gasteiger partial charge in [0, 0.05) is 6.04 Å². The first-order valence-electron chi connectivity index (χ1n) is 7.24. The van der Waals surface area contributed by atoms with Gasteiger partial charge in [0.05, 0.1) is 12.7 Å². The molecule has 0 saturated heterocycles. The summed E-state index contributed by atoms with van der Waals surface area (Å²) in [6.07, 6.45) is 4.43. The number of hydrogen-bond acceptors (Lipinski definition) is 4. The lowest BCUT2D eigenvalue weighted by atomic mass is 10.2. The van der Waals surface area contributed by atoms with Gasteiger partial charge in [0.1, 0.15) is 11.5 Å². The number of carbonyl (C=O) groups excluding carboxylic acids is 2. The highest BCUT2D eigenvalue weighted by Gasteiger charge is 2.22. The van der Waals surface area contributed by atoms with Crippen LogP contribution >= 0.6 is 0 Å². The quantitative estimate of drug-likeness (QED) is 0.817. The Morgan fingerprint density at radius 3 is 2.71 bits per heavy atom. The summed E-state index contributed by atoms with van der Waals surface area (Å²) < 4.78 is 10.7. The van der Waals surface area contributed by atoms with E-state index in [0.717, 1.165) is 25.7 Å². The molecule has 1 aromatic rings. The highest BCUT2D eigenvalue weighted by Crippen LogP contribution is 2.24. The molecule has 1 N–H and O–H groups in total. The lowest BCUT2D eigenvalue weighted by molar-refractivity contribution is -0.127. The molecule has 1 amide bonds. The first-order chi connectivity index (χ1) is 10.1. The molecule has 114 valence electrons. The normalized spacial score (nSPS) is 16.3. The van der Waals surface area contributed by atoms with Gasteiger partial charge in [0.2, 0.25) is 0 Å². The third kappa shape index (κ3) is 3.97. The Morgan fingerprint density at radius 1 is 1.38 bits per heavy atom. The van der Waals surface area contributed by atoms with E-state index in [1.165, 1.54) is 7.11 Å². The lowest BCUT2D eigenvalue weighted by Gasteiger charge is -2.19. The minimum atomic E-state index is -0.641. The maximum atomic E-state index is 12.1. The van der Waals surface area contributed by atoms with Crippen molar-refractivity contribution in [2.24, 2.45) is 0 Å². The van der Waals surface area contributed by atoms with E-state index in [0.29, 0.717) is 23.3 Å². The second kappa shape index (κ2) is 7.11. The van der Waals surface area contributed by atoms with E-state index in [-0.39, 0.29) is 11.9 Å². The molecule has 1 saturated carbocycles. The summed E-state index contributed by atoms with van der Waals surface area (Å²) in [6.45, 7) is 1.68. The monoisotopic (exact) mass is 291 g/mol. The van der Waals surface area contributed by atoms with Crippen molar-refractivity contribution in [1.29, 1.82) is 0 Å². The van der Waals surface area contributed by atoms with Crippen LogP contribution in [0.5, 0.6) is 11.5 Å². The Balaban J connectivity index is 1.99. The smallest absolute Gasteiger partial charge is 0.260 e. The van der Waals surface area contributed by atoms with Crippen molar-refractivity contribution < 1.29 is 19.1 Å². The first-order valence-corrected chi connectivity index (χ1v) is 7.24. The fourth-order valence-corrected chi connectivity index (χ4v) is 2.49. The van der Waals surface area contributed by atoms with Crippen LogP contribution < -0.4 is 14.8 Å². The topological polar surface area (TPSA) is 64.6 Å². The molecule has 0 bridgehead atoms. The summed E-state index contributed by atoms with van der Waals surface area (Å²) in [5.41, 5.74) is 0.370. The average Bonchev–Trinajstić information content (AvgIpc) is 3.00. The van der Waals surface area contributed by atoms with E-state index >= 15 is 0 Å². The van der Waals surface area contributed by atoms with Gasteiger partial charge in [0.15, 0.2) is 12.4 Å². The average molecular weight is 291 g/mol. The molecule has 1 atom stereocenters. The molecule has 5 nitrogen and oxygen atoms in total. The number of ether oxygens (including phenoxy) is 2. The van der Waals surface area contributed by atoms with E-state index in [9.17, 15) is 9.59 Å². The summed E-state index contributed by atoms with van der Waals surface area (Å²) in [7, 11) is 1.53. The molecule has 21 heavy (non-hydrogen) atoms. The highest BCUT2D eigenvalue weighted by molar-refractivity contribution is 5.83. The fourth-order valence-electron chi connectivity index (χ4n) is 2.49. The third-order valence-electron chi connectivity index (χ3n) is 3.72. The molecule has 0 aliphatic heterocycles. The van der Waals surface area contributed by atoms with Gasteiger partial charge in [-0.2, -0.15) is 0 Å². The summed E-state index contributed by atoms with van der Waals surface area (Å²) in [6, 6.07) is 5.18. The van der Waals surface area contributed by atoms with Crippen molar-refractivity contribution in [2.45, 2.75) is 44.8 Å². The van der Waals surface area contributed by atoms with Crippen LogP contribution in [0.25, 0.3) is 0 Å². The molecular formula is C16H21NO4. The Bertz CT molecular complexity index is 509. The van der Waals surface area contributed by atoms with Crippen LogP contribution in [0.2, 0.25) is 0 Å². The molecular weight excluding hydrogens is 270 g/mol. The summed E-state index contributed by atoms with van der Waals surface area (Å²) in [4.78, 5) is 23.2. The van der Waals surface area contributed by atoms with Crippen molar-refractivity contribution in [3.63, 3.8) is 0 Å². The van der Waals surface area contributed by atoms with Gasteiger partial charge >= 0.3 is 0 Å². The van der Waals surface area contributed by atoms with Crippen molar-refractivity contribution >= 4 is 12.2 Å². The number of benzene rings is 1. The molecule has 1 fully saturated rings. The molecule has 0 aromatic heterocycles. The second-order valence-corrected chi connectivity index (χ2v) is 5.27. The molecule has 1 aliphatic carbocycles. The lowest BCUT2D eigenvalue weighted by Crippen LogP contribution is -2.41. The van der Waals surface area contributed by atoms with Crippen LogP contribution in [0, 0.1) is 0 Å². The van der Waals surface area contributed by atoms with Crippen molar-refractivity contribution in [1.82, 2.24) is 5.32 Å². The second-order valence-electron chi connectivity index (χ2n) is 5.27. The van der Waals surface area contributed by atoms with E-state index in [2.05, 4.69) is 5.32 Å². The van der Waals surface area contributed by atoms with Gasteiger partial charge < -0.3 is 14.8 Å². The zero-order chi connectivity index (χ0) is 15.2. The first kappa shape index (κ1) is 15.4. The molecule has 0 heterocycles. The van der Waals surface area contributed by atoms with Crippen LogP contribution in [-0.4, -0.2) is 31.4 Å². The third-order valence-corrected chi connectivity index (χ3v) is 3.72. The zero-order valence-corrected chi connectivity index (χ0v) is 12.4. The highest BCUT2D eigenvalue weighted by atomic mass is 16.5. The SMILES string of the molecule is COc1ccc(OC(C)C(=O)NC2CCCC2)c(C=O)c1. The maximum absolute atomic E-state index is 12.1.